The number of allylic oxidation sites excluding steroid dienone is 2. The minimum Gasteiger partial charge on any atom is -0.456 e. The standard InChI is InChI=1S/C28H24ClNO5/c29-17-8-6-16(7-9-17)23(31)14-35-28(34)22(12-15-4-2-1-3-5-15)30-26(32)24-18-10-11-19(21-13-20(18)21)25(24)27(30)33/h1-11,18-22,24-25H,12-14H2/t18-,19-,20-,21-,22+,24-,25+/m1/s1. The molecular formula is C28H24ClNO5. The zero-order chi connectivity index (χ0) is 24.3. The van der Waals surface area contributed by atoms with Gasteiger partial charge in [-0.25, -0.2) is 4.79 Å². The number of carbonyl (C=O) groups is 4. The van der Waals surface area contributed by atoms with Crippen molar-refractivity contribution in [2.45, 2.75) is 18.9 Å². The Morgan fingerprint density at radius 1 is 0.914 bits per heavy atom. The summed E-state index contributed by atoms with van der Waals surface area (Å²) in [5, 5.41) is 0.495. The molecule has 2 aromatic rings. The number of likely N-dealkylation sites (tertiary alicyclic amines) is 1. The highest BCUT2D eigenvalue weighted by Gasteiger charge is 2.68. The van der Waals surface area contributed by atoms with Gasteiger partial charge < -0.3 is 4.74 Å². The second-order valence-electron chi connectivity index (χ2n) is 9.94. The number of carbonyl (C=O) groups excluding carboxylic acids is 4. The summed E-state index contributed by atoms with van der Waals surface area (Å²) in [4.78, 5) is 54.3. The Bertz CT molecular complexity index is 1200. The Kier molecular flexibility index (Phi) is 5.37. The molecule has 178 valence electrons. The lowest BCUT2D eigenvalue weighted by atomic mass is 9.63. The van der Waals surface area contributed by atoms with Crippen LogP contribution in [0.15, 0.2) is 66.7 Å². The highest BCUT2D eigenvalue weighted by Crippen LogP contribution is 2.65. The van der Waals surface area contributed by atoms with Crippen LogP contribution in [0.1, 0.15) is 22.3 Å². The molecule has 0 radical (unpaired) electrons. The molecule has 0 N–H and O–H groups in total. The fraction of sp³-hybridized carbons (Fsp3) is 0.357. The summed E-state index contributed by atoms with van der Waals surface area (Å²) in [6, 6.07) is 14.4. The topological polar surface area (TPSA) is 80.8 Å². The number of hydrogen-bond donors (Lipinski definition) is 0. The summed E-state index contributed by atoms with van der Waals surface area (Å²) in [5.74, 6) is -1.43. The van der Waals surface area contributed by atoms with Gasteiger partial charge in [-0.3, -0.25) is 19.3 Å². The van der Waals surface area contributed by atoms with Crippen LogP contribution in [0.4, 0.5) is 0 Å². The van der Waals surface area contributed by atoms with Crippen LogP contribution in [0, 0.1) is 35.5 Å². The molecule has 2 bridgehead atoms. The van der Waals surface area contributed by atoms with Gasteiger partial charge in [0.05, 0.1) is 11.8 Å². The zero-order valence-electron chi connectivity index (χ0n) is 18.9. The number of ether oxygens (including phenoxy) is 1. The van der Waals surface area contributed by atoms with E-state index in [0.29, 0.717) is 22.4 Å². The Labute approximate surface area is 207 Å². The number of halogens is 1. The minimum atomic E-state index is -1.11. The van der Waals surface area contributed by atoms with Crippen LogP contribution in [0.3, 0.4) is 0 Å². The number of rotatable bonds is 7. The fourth-order valence-corrected chi connectivity index (χ4v) is 6.48. The van der Waals surface area contributed by atoms with Crippen LogP contribution in [-0.4, -0.2) is 41.1 Å². The average molecular weight is 490 g/mol. The lowest BCUT2D eigenvalue weighted by Gasteiger charge is -2.37. The van der Waals surface area contributed by atoms with Crippen LogP contribution in [-0.2, 0) is 25.5 Å². The number of benzene rings is 2. The quantitative estimate of drug-likeness (QED) is 0.256. The van der Waals surface area contributed by atoms with Crippen molar-refractivity contribution < 1.29 is 23.9 Å². The number of ketones is 1. The first-order valence-corrected chi connectivity index (χ1v) is 12.4. The second-order valence-corrected chi connectivity index (χ2v) is 10.4. The molecule has 7 heteroatoms. The number of esters is 1. The van der Waals surface area contributed by atoms with Gasteiger partial charge in [0.25, 0.3) is 0 Å². The van der Waals surface area contributed by atoms with E-state index < -0.39 is 30.5 Å². The molecule has 1 aliphatic heterocycles. The van der Waals surface area contributed by atoms with Crippen LogP contribution in [0.25, 0.3) is 0 Å². The largest absolute Gasteiger partial charge is 0.456 e. The van der Waals surface area contributed by atoms with Crippen molar-refractivity contribution in [3.8, 4) is 0 Å². The first kappa shape index (κ1) is 22.2. The normalized spacial score (nSPS) is 30.6. The lowest BCUT2D eigenvalue weighted by Crippen LogP contribution is -2.48. The zero-order valence-corrected chi connectivity index (χ0v) is 19.6. The first-order valence-electron chi connectivity index (χ1n) is 12.0. The average Bonchev–Trinajstić information content (AvgIpc) is 3.65. The number of nitrogens with zero attached hydrogens (tertiary/aromatic N) is 1. The first-order chi connectivity index (χ1) is 16.9. The Morgan fingerprint density at radius 2 is 1.51 bits per heavy atom. The predicted octanol–water partition coefficient (Wildman–Crippen LogP) is 3.73. The molecule has 0 aromatic heterocycles. The molecule has 2 aromatic carbocycles. The maximum atomic E-state index is 13.6. The molecule has 6 nitrogen and oxygen atoms in total. The molecule has 7 atom stereocenters. The number of imide groups is 1. The Hall–Kier alpha value is -3.25. The van der Waals surface area contributed by atoms with E-state index >= 15 is 0 Å². The van der Waals surface area contributed by atoms with Gasteiger partial charge in [-0.1, -0.05) is 54.1 Å². The van der Waals surface area contributed by atoms with Crippen molar-refractivity contribution in [2.75, 3.05) is 6.61 Å². The van der Waals surface area contributed by atoms with Gasteiger partial charge in [0, 0.05) is 17.0 Å². The maximum absolute atomic E-state index is 13.6. The van der Waals surface area contributed by atoms with E-state index in [1.54, 1.807) is 24.3 Å². The molecule has 0 unspecified atom stereocenters. The van der Waals surface area contributed by atoms with Crippen molar-refractivity contribution in [2.24, 2.45) is 35.5 Å². The smallest absolute Gasteiger partial charge is 0.330 e. The molecule has 3 fully saturated rings. The lowest BCUT2D eigenvalue weighted by molar-refractivity contribution is -0.158. The van der Waals surface area contributed by atoms with Crippen molar-refractivity contribution in [3.05, 3.63) is 82.9 Å². The van der Waals surface area contributed by atoms with Crippen molar-refractivity contribution in [1.82, 2.24) is 4.90 Å². The molecule has 35 heavy (non-hydrogen) atoms. The third-order valence-corrected chi connectivity index (χ3v) is 8.32. The Balaban J connectivity index is 1.25. The van der Waals surface area contributed by atoms with E-state index in [1.165, 1.54) is 0 Å². The van der Waals surface area contributed by atoms with E-state index in [0.717, 1.165) is 16.9 Å². The van der Waals surface area contributed by atoms with Gasteiger partial charge in [-0.15, -0.1) is 0 Å². The number of amides is 2. The SMILES string of the molecule is O=C(COC(=O)[C@H](Cc1ccccc1)N1C(=O)[C@@H]2[C@@H]3C=C[C@H]([C@H]4C[C@H]34)[C@@H]2C1=O)c1ccc(Cl)cc1. The Morgan fingerprint density at radius 3 is 2.11 bits per heavy atom. The highest BCUT2D eigenvalue weighted by molar-refractivity contribution is 6.30. The molecule has 7 rings (SSSR count). The minimum absolute atomic E-state index is 0.0660. The molecule has 5 aliphatic rings. The van der Waals surface area contributed by atoms with Crippen LogP contribution in [0.5, 0.6) is 0 Å². The van der Waals surface area contributed by atoms with Gasteiger partial charge in [0.15, 0.2) is 12.4 Å². The molecule has 1 saturated heterocycles. The maximum Gasteiger partial charge on any atom is 0.330 e. The van der Waals surface area contributed by atoms with Gasteiger partial charge in [-0.2, -0.15) is 0 Å². The summed E-state index contributed by atoms with van der Waals surface area (Å²) in [7, 11) is 0. The number of hydrogen-bond acceptors (Lipinski definition) is 5. The van der Waals surface area contributed by atoms with Crippen LogP contribution >= 0.6 is 11.6 Å². The summed E-state index contributed by atoms with van der Waals surface area (Å²) in [6.45, 7) is -0.480. The summed E-state index contributed by atoms with van der Waals surface area (Å²) < 4.78 is 5.40. The molecule has 2 saturated carbocycles. The van der Waals surface area contributed by atoms with E-state index in [-0.39, 0.29) is 35.9 Å². The summed E-state index contributed by atoms with van der Waals surface area (Å²) in [5.41, 5.74) is 1.17. The van der Waals surface area contributed by atoms with E-state index in [1.807, 2.05) is 30.3 Å². The molecule has 2 amide bonds. The molecular weight excluding hydrogens is 466 g/mol. The summed E-state index contributed by atoms with van der Waals surface area (Å²) >= 11 is 5.88. The summed E-state index contributed by atoms with van der Waals surface area (Å²) in [6.07, 6.45) is 5.41. The van der Waals surface area contributed by atoms with E-state index in [2.05, 4.69) is 12.2 Å². The van der Waals surface area contributed by atoms with Gasteiger partial charge in [0.2, 0.25) is 11.8 Å². The van der Waals surface area contributed by atoms with Crippen molar-refractivity contribution >= 4 is 35.2 Å². The third kappa shape index (κ3) is 3.71. The van der Waals surface area contributed by atoms with E-state index in [9.17, 15) is 19.2 Å². The van der Waals surface area contributed by atoms with Crippen molar-refractivity contribution in [3.63, 3.8) is 0 Å². The molecule has 4 aliphatic carbocycles. The third-order valence-electron chi connectivity index (χ3n) is 8.06. The number of Topliss-reactive ketones (excluding diaryl/α,β-unsaturated/α-hetero) is 1. The van der Waals surface area contributed by atoms with Crippen LogP contribution < -0.4 is 0 Å². The van der Waals surface area contributed by atoms with Gasteiger partial charge in [-0.05, 0) is 59.9 Å². The second kappa shape index (κ2) is 8.45. The van der Waals surface area contributed by atoms with E-state index in [4.69, 9.17) is 16.3 Å². The fourth-order valence-electron chi connectivity index (χ4n) is 6.36. The van der Waals surface area contributed by atoms with Crippen molar-refractivity contribution in [1.29, 1.82) is 0 Å². The highest BCUT2D eigenvalue weighted by atomic mass is 35.5. The van der Waals surface area contributed by atoms with Gasteiger partial charge in [0.1, 0.15) is 6.04 Å². The molecule has 1 heterocycles. The van der Waals surface area contributed by atoms with Crippen LogP contribution in [0.2, 0.25) is 5.02 Å². The predicted molar refractivity (Wildman–Crippen MR) is 127 cm³/mol. The molecule has 0 spiro atoms. The monoisotopic (exact) mass is 489 g/mol. The van der Waals surface area contributed by atoms with Gasteiger partial charge >= 0.3 is 5.97 Å².